The number of pyridine rings is 1. The first-order valence-corrected chi connectivity index (χ1v) is 6.16. The maximum absolute atomic E-state index is 4.02. The SMILES string of the molecule is Cl.c1cc(CNc2ccc3c(c2)CCC3)ccn1. The first kappa shape index (κ1) is 12.9. The standard InChI is InChI=1S/C15H16N2.ClH/c1-2-13-4-5-15(10-14(13)3-1)17-11-12-6-8-16-9-7-12;/h4-10,17H,1-3,11H2;1H. The van der Waals surface area contributed by atoms with Crippen LogP contribution in [0.2, 0.25) is 0 Å². The Morgan fingerprint density at radius 3 is 2.61 bits per heavy atom. The normalized spacial score (nSPS) is 12.7. The third kappa shape index (κ3) is 2.82. The summed E-state index contributed by atoms with van der Waals surface area (Å²) in [6, 6.07) is 10.8. The van der Waals surface area contributed by atoms with Gasteiger partial charge in [0, 0.05) is 24.6 Å². The predicted octanol–water partition coefficient (Wildman–Crippen LogP) is 3.60. The minimum Gasteiger partial charge on any atom is -0.381 e. The lowest BCUT2D eigenvalue weighted by Gasteiger charge is -2.08. The smallest absolute Gasteiger partial charge is 0.0401 e. The molecule has 1 aromatic heterocycles. The highest BCUT2D eigenvalue weighted by atomic mass is 35.5. The van der Waals surface area contributed by atoms with E-state index >= 15 is 0 Å². The molecule has 2 aromatic rings. The topological polar surface area (TPSA) is 24.9 Å². The van der Waals surface area contributed by atoms with Crippen LogP contribution in [0.15, 0.2) is 42.7 Å². The Balaban J connectivity index is 0.00000120. The Morgan fingerprint density at radius 2 is 1.78 bits per heavy atom. The van der Waals surface area contributed by atoms with E-state index in [0.29, 0.717) is 0 Å². The fraction of sp³-hybridized carbons (Fsp3) is 0.267. The van der Waals surface area contributed by atoms with E-state index in [1.165, 1.54) is 41.6 Å². The summed E-state index contributed by atoms with van der Waals surface area (Å²) in [6.45, 7) is 0.862. The van der Waals surface area contributed by atoms with E-state index in [4.69, 9.17) is 0 Å². The zero-order valence-electron chi connectivity index (χ0n) is 10.2. The summed E-state index contributed by atoms with van der Waals surface area (Å²) in [5, 5.41) is 3.46. The zero-order valence-corrected chi connectivity index (χ0v) is 11.0. The lowest BCUT2D eigenvalue weighted by Crippen LogP contribution is -1.99. The molecule has 0 amide bonds. The summed E-state index contributed by atoms with van der Waals surface area (Å²) >= 11 is 0. The van der Waals surface area contributed by atoms with Crippen molar-refractivity contribution in [2.24, 2.45) is 0 Å². The molecule has 0 bridgehead atoms. The van der Waals surface area contributed by atoms with Gasteiger partial charge in [-0.2, -0.15) is 0 Å². The first-order chi connectivity index (χ1) is 8.42. The maximum Gasteiger partial charge on any atom is 0.0401 e. The van der Waals surface area contributed by atoms with Gasteiger partial charge in [0.05, 0.1) is 0 Å². The molecule has 2 nitrogen and oxygen atoms in total. The van der Waals surface area contributed by atoms with Gasteiger partial charge in [0.15, 0.2) is 0 Å². The largest absolute Gasteiger partial charge is 0.381 e. The van der Waals surface area contributed by atoms with Crippen molar-refractivity contribution in [3.63, 3.8) is 0 Å². The van der Waals surface area contributed by atoms with Crippen molar-refractivity contribution in [3.8, 4) is 0 Å². The molecule has 0 fully saturated rings. The summed E-state index contributed by atoms with van der Waals surface area (Å²) in [7, 11) is 0. The molecule has 94 valence electrons. The minimum absolute atomic E-state index is 0. The van der Waals surface area contributed by atoms with E-state index < -0.39 is 0 Å². The fourth-order valence-electron chi connectivity index (χ4n) is 2.39. The maximum atomic E-state index is 4.02. The van der Waals surface area contributed by atoms with Crippen LogP contribution in [0.1, 0.15) is 23.1 Å². The molecule has 0 saturated carbocycles. The van der Waals surface area contributed by atoms with Crippen LogP contribution in [0.3, 0.4) is 0 Å². The van der Waals surface area contributed by atoms with Gasteiger partial charge in [0.25, 0.3) is 0 Å². The monoisotopic (exact) mass is 260 g/mol. The third-order valence-electron chi connectivity index (χ3n) is 3.34. The Bertz CT molecular complexity index is 511. The first-order valence-electron chi connectivity index (χ1n) is 6.16. The summed E-state index contributed by atoms with van der Waals surface area (Å²) in [6.07, 6.45) is 7.46. The van der Waals surface area contributed by atoms with Gasteiger partial charge in [-0.25, -0.2) is 0 Å². The Kier molecular flexibility index (Phi) is 4.21. The van der Waals surface area contributed by atoms with Crippen LogP contribution in [0.5, 0.6) is 0 Å². The van der Waals surface area contributed by atoms with E-state index in [1.54, 1.807) is 0 Å². The number of rotatable bonds is 3. The van der Waals surface area contributed by atoms with Crippen LogP contribution in [0.4, 0.5) is 5.69 Å². The van der Waals surface area contributed by atoms with E-state index in [-0.39, 0.29) is 12.4 Å². The van der Waals surface area contributed by atoms with Gasteiger partial charge in [-0.05, 0) is 60.2 Å². The van der Waals surface area contributed by atoms with E-state index in [1.807, 2.05) is 24.5 Å². The second kappa shape index (κ2) is 5.87. The van der Waals surface area contributed by atoms with Crippen molar-refractivity contribution in [3.05, 3.63) is 59.4 Å². The van der Waals surface area contributed by atoms with Crippen molar-refractivity contribution < 1.29 is 0 Å². The molecular formula is C15H17ClN2. The molecule has 0 spiro atoms. The van der Waals surface area contributed by atoms with Gasteiger partial charge in [-0.3, -0.25) is 4.98 Å². The molecule has 0 aliphatic heterocycles. The number of hydrogen-bond donors (Lipinski definition) is 1. The number of halogens is 1. The lowest BCUT2D eigenvalue weighted by atomic mass is 10.1. The van der Waals surface area contributed by atoms with Crippen LogP contribution in [0.25, 0.3) is 0 Å². The molecule has 1 aromatic carbocycles. The lowest BCUT2D eigenvalue weighted by molar-refractivity contribution is 0.912. The predicted molar refractivity (Wildman–Crippen MR) is 77.3 cm³/mol. The van der Waals surface area contributed by atoms with Crippen molar-refractivity contribution >= 4 is 18.1 Å². The number of aromatic nitrogens is 1. The molecule has 3 heteroatoms. The summed E-state index contributed by atoms with van der Waals surface area (Å²) < 4.78 is 0. The van der Waals surface area contributed by atoms with Gasteiger partial charge in [0.2, 0.25) is 0 Å². The summed E-state index contributed by atoms with van der Waals surface area (Å²) in [5.41, 5.74) is 5.53. The number of anilines is 1. The second-order valence-electron chi connectivity index (χ2n) is 4.55. The molecule has 0 atom stereocenters. The number of hydrogen-bond acceptors (Lipinski definition) is 2. The van der Waals surface area contributed by atoms with Crippen LogP contribution in [0, 0.1) is 0 Å². The molecule has 0 radical (unpaired) electrons. The molecule has 1 heterocycles. The third-order valence-corrected chi connectivity index (χ3v) is 3.34. The van der Waals surface area contributed by atoms with Gasteiger partial charge >= 0.3 is 0 Å². The zero-order chi connectivity index (χ0) is 11.5. The van der Waals surface area contributed by atoms with Crippen molar-refractivity contribution in [2.45, 2.75) is 25.8 Å². The number of nitrogens with one attached hydrogen (secondary N) is 1. The average molecular weight is 261 g/mol. The van der Waals surface area contributed by atoms with Crippen LogP contribution in [-0.4, -0.2) is 4.98 Å². The molecule has 1 aliphatic rings. The van der Waals surface area contributed by atoms with Crippen molar-refractivity contribution in [1.29, 1.82) is 0 Å². The second-order valence-corrected chi connectivity index (χ2v) is 4.55. The highest BCUT2D eigenvalue weighted by molar-refractivity contribution is 5.85. The highest BCUT2D eigenvalue weighted by Crippen LogP contribution is 2.25. The summed E-state index contributed by atoms with van der Waals surface area (Å²) in [5.74, 6) is 0. The molecule has 1 aliphatic carbocycles. The molecule has 0 unspecified atom stereocenters. The van der Waals surface area contributed by atoms with Gasteiger partial charge in [-0.1, -0.05) is 6.07 Å². The quantitative estimate of drug-likeness (QED) is 0.912. The Hall–Kier alpha value is -1.54. The van der Waals surface area contributed by atoms with Gasteiger partial charge in [0.1, 0.15) is 0 Å². The fourth-order valence-corrected chi connectivity index (χ4v) is 2.39. The Morgan fingerprint density at radius 1 is 1.00 bits per heavy atom. The van der Waals surface area contributed by atoms with E-state index in [2.05, 4.69) is 28.5 Å². The number of fused-ring (bicyclic) bond motifs is 1. The number of nitrogens with zero attached hydrogens (tertiary/aromatic N) is 1. The van der Waals surface area contributed by atoms with Crippen molar-refractivity contribution in [2.75, 3.05) is 5.32 Å². The van der Waals surface area contributed by atoms with Crippen molar-refractivity contribution in [1.82, 2.24) is 4.98 Å². The van der Waals surface area contributed by atoms with E-state index in [0.717, 1.165) is 6.54 Å². The number of benzene rings is 1. The number of aryl methyl sites for hydroxylation is 2. The van der Waals surface area contributed by atoms with Gasteiger partial charge in [-0.15, -0.1) is 12.4 Å². The van der Waals surface area contributed by atoms with Crippen LogP contribution >= 0.6 is 12.4 Å². The molecule has 1 N–H and O–H groups in total. The molecule has 0 saturated heterocycles. The van der Waals surface area contributed by atoms with Gasteiger partial charge < -0.3 is 5.32 Å². The van der Waals surface area contributed by atoms with Crippen LogP contribution < -0.4 is 5.32 Å². The minimum atomic E-state index is 0. The van der Waals surface area contributed by atoms with Crippen LogP contribution in [-0.2, 0) is 19.4 Å². The summed E-state index contributed by atoms with van der Waals surface area (Å²) in [4.78, 5) is 4.02. The molecule has 18 heavy (non-hydrogen) atoms. The highest BCUT2D eigenvalue weighted by Gasteiger charge is 2.10. The average Bonchev–Trinajstić information content (AvgIpc) is 2.85. The molecule has 3 rings (SSSR count). The van der Waals surface area contributed by atoms with E-state index in [9.17, 15) is 0 Å². The Labute approximate surface area is 114 Å². The molecular weight excluding hydrogens is 244 g/mol.